The van der Waals surface area contributed by atoms with E-state index in [1.165, 1.54) is 24.4 Å². The largest absolute Gasteiger partial charge is 0.443 e. The predicted octanol–water partition coefficient (Wildman–Crippen LogP) is 6.64. The van der Waals surface area contributed by atoms with Crippen LogP contribution in [-0.4, -0.2) is 69.3 Å². The summed E-state index contributed by atoms with van der Waals surface area (Å²) in [5.74, 6) is -0.210. The third-order valence-electron chi connectivity index (χ3n) is 6.47. The van der Waals surface area contributed by atoms with Crippen molar-refractivity contribution in [2.24, 2.45) is 0 Å². The SMILES string of the molecule is CNC(=S)Nc1ccc(-c2cc(-c3nc(-c4ccc(S(=O)(=O)C(C)C)cc4)cnc3N(C(=O)OC(C)(C)C)C(=O)OC(C)(C)C)on2)nc1. The van der Waals surface area contributed by atoms with E-state index in [0.29, 0.717) is 32.7 Å². The van der Waals surface area contributed by atoms with Crippen LogP contribution in [0.4, 0.5) is 21.1 Å². The van der Waals surface area contributed by atoms with Crippen LogP contribution < -0.4 is 15.5 Å². The molecular formula is C33H39N7O7S2. The molecule has 14 nitrogen and oxygen atoms in total. The first kappa shape index (κ1) is 36.9. The highest BCUT2D eigenvalue weighted by Gasteiger charge is 2.37. The number of nitrogens with one attached hydrogen (secondary N) is 2. The van der Waals surface area contributed by atoms with Crippen molar-refractivity contribution in [1.29, 1.82) is 0 Å². The molecular weight excluding hydrogens is 671 g/mol. The molecule has 16 heteroatoms. The zero-order valence-corrected chi connectivity index (χ0v) is 30.3. The number of sulfone groups is 1. The summed E-state index contributed by atoms with van der Waals surface area (Å²) in [4.78, 5) is 41.6. The molecule has 3 aromatic heterocycles. The molecule has 0 aliphatic heterocycles. The van der Waals surface area contributed by atoms with Crippen molar-refractivity contribution < 1.29 is 32.0 Å². The molecule has 49 heavy (non-hydrogen) atoms. The maximum atomic E-state index is 13.6. The number of thiocarbonyl (C=S) groups is 1. The molecule has 0 aliphatic rings. The summed E-state index contributed by atoms with van der Waals surface area (Å²) >= 11 is 5.14. The number of aromatic nitrogens is 4. The number of carbonyl (C=O) groups is 2. The summed E-state index contributed by atoms with van der Waals surface area (Å²) in [6.07, 6.45) is 0.788. The van der Waals surface area contributed by atoms with Crippen LogP contribution >= 0.6 is 12.2 Å². The van der Waals surface area contributed by atoms with E-state index >= 15 is 0 Å². The Morgan fingerprint density at radius 1 is 0.878 bits per heavy atom. The minimum Gasteiger partial charge on any atom is -0.443 e. The van der Waals surface area contributed by atoms with Gasteiger partial charge in [-0.25, -0.2) is 28.0 Å². The normalized spacial score (nSPS) is 12.0. The van der Waals surface area contributed by atoms with Crippen molar-refractivity contribution in [3.63, 3.8) is 0 Å². The fourth-order valence-corrected chi connectivity index (χ4v) is 5.30. The molecule has 260 valence electrons. The van der Waals surface area contributed by atoms with Crippen molar-refractivity contribution in [1.82, 2.24) is 25.4 Å². The molecule has 0 fully saturated rings. The number of ether oxygens (including phenoxy) is 2. The fraction of sp³-hybridized carbons (Fsp3) is 0.364. The molecule has 4 aromatic rings. The molecule has 0 saturated heterocycles. The van der Waals surface area contributed by atoms with Crippen LogP contribution in [0, 0.1) is 0 Å². The first-order valence-electron chi connectivity index (χ1n) is 15.2. The molecule has 0 radical (unpaired) electrons. The second-order valence-electron chi connectivity index (χ2n) is 13.1. The number of anilines is 2. The van der Waals surface area contributed by atoms with E-state index in [0.717, 1.165) is 0 Å². The first-order valence-corrected chi connectivity index (χ1v) is 17.1. The minimum absolute atomic E-state index is 0.0378. The molecule has 3 heterocycles. The van der Waals surface area contributed by atoms with E-state index in [1.807, 2.05) is 0 Å². The highest BCUT2D eigenvalue weighted by Crippen LogP contribution is 2.34. The van der Waals surface area contributed by atoms with Crippen molar-refractivity contribution in [2.45, 2.75) is 76.7 Å². The third kappa shape index (κ3) is 9.14. The van der Waals surface area contributed by atoms with Gasteiger partial charge < -0.3 is 24.6 Å². The van der Waals surface area contributed by atoms with E-state index in [9.17, 15) is 18.0 Å². The monoisotopic (exact) mass is 709 g/mol. The summed E-state index contributed by atoms with van der Waals surface area (Å²) < 4.78 is 42.2. The van der Waals surface area contributed by atoms with E-state index < -0.39 is 38.5 Å². The van der Waals surface area contributed by atoms with Gasteiger partial charge in [-0.15, -0.1) is 0 Å². The second-order valence-corrected chi connectivity index (χ2v) is 16.0. The molecule has 4 rings (SSSR count). The standard InChI is InChI=1S/C33H39N7O7S2/c1-19(2)49(43,44)22-13-10-20(11-14-22)25-18-36-28(40(30(41)45-32(3,4)5)31(42)46-33(6,7)8)27(38-25)26-16-24(39-47-26)23-15-12-21(17-35-23)37-29(48)34-9/h10-19H,1-9H3,(H2,34,37,48). The van der Waals surface area contributed by atoms with Gasteiger partial charge in [0.2, 0.25) is 0 Å². The zero-order valence-electron chi connectivity index (χ0n) is 28.7. The Morgan fingerprint density at radius 3 is 2.00 bits per heavy atom. The lowest BCUT2D eigenvalue weighted by molar-refractivity contribution is 0.0429. The van der Waals surface area contributed by atoms with Gasteiger partial charge in [-0.1, -0.05) is 17.3 Å². The second kappa shape index (κ2) is 14.3. The Morgan fingerprint density at radius 2 is 1.49 bits per heavy atom. The van der Waals surface area contributed by atoms with E-state index in [1.54, 1.807) is 92.9 Å². The number of nitrogens with zero attached hydrogens (tertiary/aromatic N) is 5. The quantitative estimate of drug-likeness (QED) is 0.195. The van der Waals surface area contributed by atoms with Gasteiger partial charge in [0.15, 0.2) is 32.2 Å². The predicted molar refractivity (Wildman–Crippen MR) is 189 cm³/mol. The molecule has 2 amide bonds. The van der Waals surface area contributed by atoms with Crippen molar-refractivity contribution in [3.8, 4) is 34.1 Å². The van der Waals surface area contributed by atoms with Gasteiger partial charge in [-0.2, -0.15) is 4.90 Å². The van der Waals surface area contributed by atoms with Gasteiger partial charge in [0, 0.05) is 18.7 Å². The van der Waals surface area contributed by atoms with Crippen molar-refractivity contribution in [3.05, 3.63) is 54.9 Å². The van der Waals surface area contributed by atoms with E-state index in [2.05, 4.69) is 25.8 Å². The molecule has 0 unspecified atom stereocenters. The molecule has 2 N–H and O–H groups in total. The van der Waals surface area contributed by atoms with Gasteiger partial charge in [0.05, 0.1) is 39.6 Å². The Hall–Kier alpha value is -4.96. The fourth-order valence-electron chi connectivity index (χ4n) is 4.12. The van der Waals surface area contributed by atoms with E-state index in [4.69, 9.17) is 31.2 Å². The molecule has 0 spiro atoms. The minimum atomic E-state index is -3.52. The Kier molecular flexibility index (Phi) is 10.7. The number of benzene rings is 1. The smallest absolute Gasteiger partial charge is 0.425 e. The summed E-state index contributed by atoms with van der Waals surface area (Å²) in [5, 5.41) is 9.77. The van der Waals surface area contributed by atoms with Gasteiger partial charge >= 0.3 is 12.2 Å². The number of pyridine rings is 1. The number of imide groups is 1. The van der Waals surface area contributed by atoms with Crippen LogP contribution in [0.3, 0.4) is 0 Å². The average molecular weight is 710 g/mol. The number of carbonyl (C=O) groups excluding carboxylic acids is 2. The summed E-state index contributed by atoms with van der Waals surface area (Å²) in [6.45, 7) is 13.1. The Balaban J connectivity index is 1.86. The Bertz CT molecular complexity index is 1920. The highest BCUT2D eigenvalue weighted by molar-refractivity contribution is 7.92. The number of hydrogen-bond donors (Lipinski definition) is 2. The molecule has 0 atom stereocenters. The molecule has 1 aromatic carbocycles. The Labute approximate surface area is 290 Å². The van der Waals surface area contributed by atoms with Crippen LogP contribution in [0.1, 0.15) is 55.4 Å². The van der Waals surface area contributed by atoms with Crippen LogP contribution in [-0.2, 0) is 19.3 Å². The lowest BCUT2D eigenvalue weighted by Gasteiger charge is -2.28. The van der Waals surface area contributed by atoms with Crippen molar-refractivity contribution in [2.75, 3.05) is 17.3 Å². The van der Waals surface area contributed by atoms with E-state index in [-0.39, 0.29) is 27.9 Å². The van der Waals surface area contributed by atoms with Gasteiger partial charge in [0.25, 0.3) is 0 Å². The molecule has 0 aliphatic carbocycles. The van der Waals surface area contributed by atoms with Crippen LogP contribution in [0.25, 0.3) is 34.1 Å². The number of rotatable bonds is 7. The van der Waals surface area contributed by atoms with Crippen LogP contribution in [0.15, 0.2) is 64.3 Å². The van der Waals surface area contributed by atoms with Gasteiger partial charge in [-0.3, -0.25) is 4.98 Å². The average Bonchev–Trinajstić information content (AvgIpc) is 3.50. The number of hydrogen-bond acceptors (Lipinski definition) is 12. The highest BCUT2D eigenvalue weighted by atomic mass is 32.2. The molecule has 0 saturated carbocycles. The first-order chi connectivity index (χ1) is 22.8. The van der Waals surface area contributed by atoms with Crippen LogP contribution in [0.2, 0.25) is 0 Å². The summed E-state index contributed by atoms with van der Waals surface area (Å²) in [7, 11) is -1.82. The van der Waals surface area contributed by atoms with Gasteiger partial charge in [-0.05, 0) is 91.9 Å². The third-order valence-corrected chi connectivity index (χ3v) is 8.95. The van der Waals surface area contributed by atoms with Crippen molar-refractivity contribution >= 4 is 50.9 Å². The van der Waals surface area contributed by atoms with Gasteiger partial charge in [0.1, 0.15) is 16.9 Å². The topological polar surface area (TPSA) is 179 Å². The number of amides is 2. The summed E-state index contributed by atoms with van der Waals surface area (Å²) in [5.41, 5.74) is 0.188. The molecule has 0 bridgehead atoms. The lowest BCUT2D eigenvalue weighted by Crippen LogP contribution is -2.44. The zero-order chi connectivity index (χ0) is 36.3. The van der Waals surface area contributed by atoms with Crippen LogP contribution in [0.5, 0.6) is 0 Å². The summed E-state index contributed by atoms with van der Waals surface area (Å²) in [6, 6.07) is 11.1. The maximum Gasteiger partial charge on any atom is 0.425 e. The lowest BCUT2D eigenvalue weighted by atomic mass is 10.1. The maximum absolute atomic E-state index is 13.6.